The molecule has 0 spiro atoms. The second-order valence-electron chi connectivity index (χ2n) is 6.96. The van der Waals surface area contributed by atoms with Crippen LogP contribution < -0.4 is 15.0 Å². The molecular formula is C22H21ClN2O4. The molecule has 6 nitrogen and oxygen atoms in total. The van der Waals surface area contributed by atoms with Crippen LogP contribution in [0.15, 0.2) is 54.3 Å². The molecule has 2 heterocycles. The van der Waals surface area contributed by atoms with Gasteiger partial charge in [0, 0.05) is 18.2 Å². The molecule has 0 radical (unpaired) electrons. The molecule has 7 heteroatoms. The van der Waals surface area contributed by atoms with Gasteiger partial charge in [-0.2, -0.15) is 0 Å². The summed E-state index contributed by atoms with van der Waals surface area (Å²) in [5.41, 5.74) is 1.30. The lowest BCUT2D eigenvalue weighted by Crippen LogP contribution is -2.45. The third-order valence-electron chi connectivity index (χ3n) is 4.83. The number of rotatable bonds is 5. The molecule has 4 rings (SSSR count). The minimum atomic E-state index is -0.379. The lowest BCUT2D eigenvalue weighted by atomic mass is 10.1. The second kappa shape index (κ2) is 8.68. The highest BCUT2D eigenvalue weighted by molar-refractivity contribution is 6.30. The van der Waals surface area contributed by atoms with Crippen LogP contribution in [0, 0.1) is 0 Å². The molecule has 150 valence electrons. The number of ether oxygens (including phenoxy) is 2. The van der Waals surface area contributed by atoms with Crippen LogP contribution in [0.3, 0.4) is 0 Å². The predicted molar refractivity (Wildman–Crippen MR) is 111 cm³/mol. The van der Waals surface area contributed by atoms with E-state index in [-0.39, 0.29) is 30.2 Å². The van der Waals surface area contributed by atoms with E-state index < -0.39 is 0 Å². The van der Waals surface area contributed by atoms with Crippen molar-refractivity contribution in [3.63, 3.8) is 0 Å². The SMILES string of the molecule is O=C(CN1C(=O)/C(=C\c2cccc(Cl)c2)Oc2ccccc21)NC[C@H]1CCCO1. The van der Waals surface area contributed by atoms with Crippen molar-refractivity contribution in [1.82, 2.24) is 5.32 Å². The highest BCUT2D eigenvalue weighted by atomic mass is 35.5. The van der Waals surface area contributed by atoms with E-state index in [1.54, 1.807) is 42.5 Å². The van der Waals surface area contributed by atoms with E-state index >= 15 is 0 Å². The number of nitrogens with one attached hydrogen (secondary N) is 1. The van der Waals surface area contributed by atoms with Gasteiger partial charge in [-0.05, 0) is 48.7 Å². The van der Waals surface area contributed by atoms with Crippen LogP contribution in [0.5, 0.6) is 5.75 Å². The normalized spacial score (nSPS) is 19.8. The van der Waals surface area contributed by atoms with Gasteiger partial charge in [-0.1, -0.05) is 35.9 Å². The fourth-order valence-electron chi connectivity index (χ4n) is 3.40. The Balaban J connectivity index is 1.54. The highest BCUT2D eigenvalue weighted by Crippen LogP contribution is 2.35. The zero-order valence-corrected chi connectivity index (χ0v) is 16.5. The van der Waals surface area contributed by atoms with E-state index in [2.05, 4.69) is 5.32 Å². The van der Waals surface area contributed by atoms with Crippen molar-refractivity contribution in [1.29, 1.82) is 0 Å². The third-order valence-corrected chi connectivity index (χ3v) is 5.07. The van der Waals surface area contributed by atoms with Crippen molar-refractivity contribution in [3.8, 4) is 5.75 Å². The smallest absolute Gasteiger partial charge is 0.294 e. The molecule has 0 aromatic heterocycles. The van der Waals surface area contributed by atoms with Gasteiger partial charge < -0.3 is 14.8 Å². The van der Waals surface area contributed by atoms with Crippen molar-refractivity contribution in [2.45, 2.75) is 18.9 Å². The van der Waals surface area contributed by atoms with Gasteiger partial charge in [-0.15, -0.1) is 0 Å². The molecule has 0 bridgehead atoms. The van der Waals surface area contributed by atoms with Crippen LogP contribution in [0.25, 0.3) is 6.08 Å². The van der Waals surface area contributed by atoms with Crippen LogP contribution in [-0.4, -0.2) is 37.6 Å². The molecule has 2 aromatic rings. The molecule has 2 aromatic carbocycles. The quantitative estimate of drug-likeness (QED) is 0.764. The van der Waals surface area contributed by atoms with E-state index in [9.17, 15) is 9.59 Å². The number of fused-ring (bicyclic) bond motifs is 1. The summed E-state index contributed by atoms with van der Waals surface area (Å²) >= 11 is 6.04. The Morgan fingerprint density at radius 3 is 2.90 bits per heavy atom. The molecule has 1 N–H and O–H groups in total. The maximum atomic E-state index is 13.1. The largest absolute Gasteiger partial charge is 0.449 e. The fraction of sp³-hybridized carbons (Fsp3) is 0.273. The zero-order valence-electron chi connectivity index (χ0n) is 15.8. The summed E-state index contributed by atoms with van der Waals surface area (Å²) < 4.78 is 11.3. The van der Waals surface area contributed by atoms with E-state index in [1.807, 2.05) is 12.1 Å². The number of para-hydroxylation sites is 2. The molecule has 1 saturated heterocycles. The van der Waals surface area contributed by atoms with E-state index in [1.165, 1.54) is 4.90 Å². The molecule has 2 amide bonds. The predicted octanol–water partition coefficient (Wildman–Crippen LogP) is 3.40. The lowest BCUT2D eigenvalue weighted by Gasteiger charge is -2.30. The summed E-state index contributed by atoms with van der Waals surface area (Å²) in [6.45, 7) is 1.08. The molecule has 1 fully saturated rings. The van der Waals surface area contributed by atoms with Crippen molar-refractivity contribution in [2.24, 2.45) is 0 Å². The van der Waals surface area contributed by atoms with Crippen molar-refractivity contribution < 1.29 is 19.1 Å². The zero-order chi connectivity index (χ0) is 20.2. The van der Waals surface area contributed by atoms with Gasteiger partial charge in [0.1, 0.15) is 6.54 Å². The number of benzene rings is 2. The van der Waals surface area contributed by atoms with Crippen molar-refractivity contribution >= 4 is 35.2 Å². The van der Waals surface area contributed by atoms with Crippen LogP contribution >= 0.6 is 11.6 Å². The maximum Gasteiger partial charge on any atom is 0.294 e. The Morgan fingerprint density at radius 1 is 1.24 bits per heavy atom. The Labute approximate surface area is 174 Å². The second-order valence-corrected chi connectivity index (χ2v) is 7.40. The van der Waals surface area contributed by atoms with Gasteiger partial charge in [-0.3, -0.25) is 14.5 Å². The summed E-state index contributed by atoms with van der Waals surface area (Å²) in [6, 6.07) is 14.3. The first-order chi connectivity index (χ1) is 14.1. The Morgan fingerprint density at radius 2 is 2.10 bits per heavy atom. The topological polar surface area (TPSA) is 67.9 Å². The summed E-state index contributed by atoms with van der Waals surface area (Å²) in [7, 11) is 0. The maximum absolute atomic E-state index is 13.1. The number of amides is 2. The molecule has 0 unspecified atom stereocenters. The monoisotopic (exact) mass is 412 g/mol. The van der Waals surface area contributed by atoms with E-state index in [0.29, 0.717) is 23.0 Å². The third kappa shape index (κ3) is 4.60. The van der Waals surface area contributed by atoms with Crippen LogP contribution in [0.1, 0.15) is 18.4 Å². The summed E-state index contributed by atoms with van der Waals surface area (Å²) in [6.07, 6.45) is 3.62. The van der Waals surface area contributed by atoms with Crippen LogP contribution in [-0.2, 0) is 14.3 Å². The molecule has 0 saturated carbocycles. The van der Waals surface area contributed by atoms with E-state index in [4.69, 9.17) is 21.1 Å². The molecular weight excluding hydrogens is 392 g/mol. The minimum absolute atomic E-state index is 0.0462. The first-order valence-corrected chi connectivity index (χ1v) is 9.92. The van der Waals surface area contributed by atoms with Gasteiger partial charge in [0.2, 0.25) is 5.91 Å². The minimum Gasteiger partial charge on any atom is -0.449 e. The Kier molecular flexibility index (Phi) is 5.83. The number of carbonyl (C=O) groups excluding carboxylic acids is 2. The average molecular weight is 413 g/mol. The Bertz CT molecular complexity index is 953. The number of hydrogen-bond acceptors (Lipinski definition) is 4. The van der Waals surface area contributed by atoms with Gasteiger partial charge >= 0.3 is 0 Å². The number of nitrogens with zero attached hydrogens (tertiary/aromatic N) is 1. The number of anilines is 1. The Hall–Kier alpha value is -2.83. The molecule has 2 aliphatic heterocycles. The highest BCUT2D eigenvalue weighted by Gasteiger charge is 2.31. The summed E-state index contributed by atoms with van der Waals surface area (Å²) in [4.78, 5) is 27.0. The first kappa shape index (κ1) is 19.5. The average Bonchev–Trinajstić information content (AvgIpc) is 3.23. The van der Waals surface area contributed by atoms with Gasteiger partial charge in [0.25, 0.3) is 5.91 Å². The van der Waals surface area contributed by atoms with Crippen LogP contribution in [0.2, 0.25) is 5.02 Å². The molecule has 2 aliphatic rings. The number of carbonyl (C=O) groups is 2. The molecule has 1 atom stereocenters. The lowest BCUT2D eigenvalue weighted by molar-refractivity contribution is -0.123. The van der Waals surface area contributed by atoms with Crippen LogP contribution in [0.4, 0.5) is 5.69 Å². The molecule has 0 aliphatic carbocycles. The fourth-order valence-corrected chi connectivity index (χ4v) is 3.60. The summed E-state index contributed by atoms with van der Waals surface area (Å²) in [5, 5.41) is 3.42. The van der Waals surface area contributed by atoms with Crippen molar-refractivity contribution in [3.05, 3.63) is 64.9 Å². The standard InChI is InChI=1S/C22H21ClN2O4/c23-16-6-3-5-15(11-16)12-20-22(27)25(18-8-1-2-9-19(18)29-20)14-21(26)24-13-17-7-4-10-28-17/h1-3,5-6,8-9,11-12,17H,4,7,10,13-14H2,(H,24,26)/b20-12+/t17-/m1/s1. The number of hydrogen-bond donors (Lipinski definition) is 1. The summed E-state index contributed by atoms with van der Waals surface area (Å²) in [5.74, 6) is 0.0359. The number of halogens is 1. The first-order valence-electron chi connectivity index (χ1n) is 9.54. The molecule has 29 heavy (non-hydrogen) atoms. The van der Waals surface area contributed by atoms with Gasteiger partial charge in [-0.25, -0.2) is 0 Å². The van der Waals surface area contributed by atoms with Gasteiger partial charge in [0.15, 0.2) is 11.5 Å². The van der Waals surface area contributed by atoms with Gasteiger partial charge in [0.05, 0.1) is 11.8 Å². The van der Waals surface area contributed by atoms with E-state index in [0.717, 1.165) is 25.0 Å². The van der Waals surface area contributed by atoms with Crippen molar-refractivity contribution in [2.75, 3.05) is 24.6 Å².